The molecular weight excluding hydrogens is 367 g/mol. The van der Waals surface area contributed by atoms with Crippen LogP contribution in [0.3, 0.4) is 0 Å². The van der Waals surface area contributed by atoms with Crippen molar-refractivity contribution < 1.29 is 37.8 Å². The molecule has 0 saturated carbocycles. The summed E-state index contributed by atoms with van der Waals surface area (Å²) in [5.74, 6) is 0.267. The van der Waals surface area contributed by atoms with Crippen molar-refractivity contribution in [3.63, 3.8) is 0 Å². The Hall–Kier alpha value is -0.376. The zero-order chi connectivity index (χ0) is 12.4. The van der Waals surface area contributed by atoms with Crippen LogP contribution in [0.1, 0.15) is 12.5 Å². The van der Waals surface area contributed by atoms with Gasteiger partial charge in [0.1, 0.15) is 5.75 Å². The molecule has 0 spiro atoms. The number of phenolic OH excluding ortho intramolecular Hbond substituents is 1. The van der Waals surface area contributed by atoms with Crippen molar-refractivity contribution in [2.45, 2.75) is 6.92 Å². The molecule has 0 aromatic heterocycles. The molecule has 1 aromatic rings. The first kappa shape index (κ1) is 15.7. The van der Waals surface area contributed by atoms with Gasteiger partial charge in [-0.05, 0) is 24.8 Å². The molecule has 0 unspecified atom stereocenters. The number of aromatic hydroxyl groups is 1. The third-order valence-electron chi connectivity index (χ3n) is 2.66. The maximum atomic E-state index is 9.29. The number of hydrogen-bond donors (Lipinski definition) is 1. The van der Waals surface area contributed by atoms with Crippen LogP contribution in [0, 0.1) is 6.08 Å². The second-order valence-electron chi connectivity index (χ2n) is 3.72. The van der Waals surface area contributed by atoms with Crippen LogP contribution >= 0.6 is 15.9 Å². The molecule has 0 bridgehead atoms. The minimum atomic E-state index is 0. The second kappa shape index (κ2) is 6.69. The van der Waals surface area contributed by atoms with Gasteiger partial charge in [0.05, 0.1) is 0 Å². The van der Waals surface area contributed by atoms with Gasteiger partial charge in [-0.15, -0.1) is 28.1 Å². The van der Waals surface area contributed by atoms with Crippen molar-refractivity contribution in [1.29, 1.82) is 0 Å². The van der Waals surface area contributed by atoms with E-state index in [1.54, 1.807) is 12.1 Å². The van der Waals surface area contributed by atoms with Crippen LogP contribution in [0.5, 0.6) is 5.75 Å². The molecule has 0 atom stereocenters. The normalized spacial score (nSPS) is 14.8. The van der Waals surface area contributed by atoms with E-state index < -0.39 is 0 Å². The molecule has 18 heavy (non-hydrogen) atoms. The maximum Gasteiger partial charge on any atom is 0.113 e. The predicted octanol–water partition coefficient (Wildman–Crippen LogP) is 3.66. The zero-order valence-corrected chi connectivity index (χ0v) is 14.6. The molecule has 0 fully saturated rings. The minimum Gasteiger partial charge on any atom is -0.508 e. The summed E-state index contributed by atoms with van der Waals surface area (Å²) in [6, 6.07) is 7.10. The molecule has 1 radical (unpaired) electrons. The van der Waals surface area contributed by atoms with E-state index in [0.717, 1.165) is 28.0 Å². The number of phenols is 1. The molecule has 1 aromatic carbocycles. The van der Waals surface area contributed by atoms with Gasteiger partial charge < -0.3 is 10.0 Å². The zero-order valence-electron chi connectivity index (χ0n) is 10.2. The average molecular weight is 380 g/mol. The molecule has 0 amide bonds. The van der Waals surface area contributed by atoms with Crippen molar-refractivity contribution >= 4 is 21.6 Å². The summed E-state index contributed by atoms with van der Waals surface area (Å²) >= 11 is 3.45. The summed E-state index contributed by atoms with van der Waals surface area (Å²) in [5, 5.41) is 9.29. The third kappa shape index (κ3) is 3.14. The van der Waals surface area contributed by atoms with E-state index in [9.17, 15) is 5.11 Å². The molecule has 1 N–H and O–H groups in total. The van der Waals surface area contributed by atoms with Crippen molar-refractivity contribution in [2.75, 3.05) is 6.54 Å². The minimum absolute atomic E-state index is 0. The first-order valence-corrected chi connectivity index (χ1v) is 6.18. The third-order valence-corrected chi connectivity index (χ3v) is 3.35. The van der Waals surface area contributed by atoms with Crippen LogP contribution in [0.25, 0.3) is 5.70 Å². The van der Waals surface area contributed by atoms with Gasteiger partial charge in [-0.3, -0.25) is 0 Å². The molecule has 2 rings (SSSR count). The Kier molecular flexibility index (Phi) is 5.83. The quantitative estimate of drug-likeness (QED) is 0.792. The molecule has 1 heterocycles. The Labute approximate surface area is 141 Å². The van der Waals surface area contributed by atoms with E-state index in [0.29, 0.717) is 0 Å². The van der Waals surface area contributed by atoms with Gasteiger partial charge in [-0.1, -0.05) is 22.3 Å². The molecule has 0 aliphatic carbocycles. The smallest absolute Gasteiger partial charge is 0.113 e. The van der Waals surface area contributed by atoms with Gasteiger partial charge in [-0.2, -0.15) is 12.2 Å². The number of nitrogens with zero attached hydrogens (tertiary/aromatic N) is 1. The van der Waals surface area contributed by atoms with Crippen LogP contribution in [0.4, 0.5) is 0 Å². The Morgan fingerprint density at radius 3 is 2.50 bits per heavy atom. The van der Waals surface area contributed by atoms with Gasteiger partial charge in [0.15, 0.2) is 0 Å². The second-order valence-corrected chi connectivity index (χ2v) is 4.58. The number of hydrogen-bond acceptors (Lipinski definition) is 2. The van der Waals surface area contributed by atoms with Gasteiger partial charge in [0.25, 0.3) is 0 Å². The fourth-order valence-corrected chi connectivity index (χ4v) is 2.09. The summed E-state index contributed by atoms with van der Waals surface area (Å²) in [6.45, 7) is 6.93. The Morgan fingerprint density at radius 2 is 1.94 bits per heavy atom. The number of likely N-dealkylation sites (N-methyl/N-ethyl adjacent to an activating group) is 1. The van der Waals surface area contributed by atoms with Crippen molar-refractivity contribution in [3.8, 4) is 5.75 Å². The van der Waals surface area contributed by atoms with E-state index in [-0.39, 0.29) is 38.5 Å². The Bertz CT molecular complexity index is 505. The fraction of sp³-hybridized carbons (Fsp3) is 0.143. The van der Waals surface area contributed by atoms with Crippen molar-refractivity contribution in [1.82, 2.24) is 4.90 Å². The summed E-state index contributed by atoms with van der Waals surface area (Å²) < 4.78 is 0.946. The maximum absolute atomic E-state index is 9.29. The van der Waals surface area contributed by atoms with Crippen LogP contribution < -0.4 is 0 Å². The number of halogens is 1. The van der Waals surface area contributed by atoms with Gasteiger partial charge in [0, 0.05) is 39.3 Å². The van der Waals surface area contributed by atoms with Gasteiger partial charge in [-0.25, -0.2) is 0 Å². The van der Waals surface area contributed by atoms with E-state index in [4.69, 9.17) is 0 Å². The first-order chi connectivity index (χ1) is 8.13. The summed E-state index contributed by atoms with van der Waals surface area (Å²) in [5.41, 5.74) is 2.91. The molecule has 0 saturated heterocycles. The first-order valence-electron chi connectivity index (χ1n) is 5.39. The molecule has 91 valence electrons. The largest absolute Gasteiger partial charge is 0.508 e. The summed E-state index contributed by atoms with van der Waals surface area (Å²) in [6.07, 6.45) is 5.10. The average Bonchev–Trinajstić information content (AvgIpc) is 2.34. The number of benzene rings is 1. The number of allylic oxidation sites excluding steroid dienone is 3. The van der Waals surface area contributed by atoms with E-state index in [1.807, 2.05) is 18.2 Å². The van der Waals surface area contributed by atoms with Crippen molar-refractivity contribution in [3.05, 3.63) is 58.7 Å². The van der Waals surface area contributed by atoms with Crippen LogP contribution in [-0.4, -0.2) is 16.6 Å². The monoisotopic (exact) mass is 379 g/mol. The molecule has 4 heteroatoms. The Morgan fingerprint density at radius 1 is 1.33 bits per heavy atom. The van der Waals surface area contributed by atoms with E-state index in [2.05, 4.69) is 40.4 Å². The topological polar surface area (TPSA) is 23.5 Å². The van der Waals surface area contributed by atoms with Gasteiger partial charge >= 0.3 is 0 Å². The molecule has 1 aliphatic rings. The van der Waals surface area contributed by atoms with E-state index >= 15 is 0 Å². The number of rotatable bonds is 2. The summed E-state index contributed by atoms with van der Waals surface area (Å²) in [4.78, 5) is 2.08. The predicted molar refractivity (Wildman–Crippen MR) is 73.3 cm³/mol. The van der Waals surface area contributed by atoms with Crippen molar-refractivity contribution in [2.24, 2.45) is 0 Å². The standard InChI is InChI=1S/C14H13BrNO.Y/c1-3-16-10(2)13(15)8-9-14(16)11-4-6-12(17)7-5-11;/h4-8,17H,2-3H2,1H3;/q-1;. The summed E-state index contributed by atoms with van der Waals surface area (Å²) in [7, 11) is 0. The fourth-order valence-electron chi connectivity index (χ4n) is 1.76. The molecule has 2 nitrogen and oxygen atoms in total. The van der Waals surface area contributed by atoms with Crippen LogP contribution in [0.15, 0.2) is 47.1 Å². The Balaban J connectivity index is 0.00000162. The SMILES string of the molecule is C=C1C(Br)=C[C-]=C(c2ccc(O)cc2)N1CC.[Y]. The molecule has 1 aliphatic heterocycles. The van der Waals surface area contributed by atoms with E-state index in [1.165, 1.54) is 0 Å². The van der Waals surface area contributed by atoms with Gasteiger partial charge in [0.2, 0.25) is 0 Å². The van der Waals surface area contributed by atoms with Crippen LogP contribution in [0.2, 0.25) is 0 Å². The van der Waals surface area contributed by atoms with Crippen LogP contribution in [-0.2, 0) is 32.7 Å². The molecular formula is C14H13BrNOY-.